The molecule has 0 bridgehead atoms. The van der Waals surface area contributed by atoms with Crippen LogP contribution >= 0.6 is 11.6 Å². The second kappa shape index (κ2) is 7.95. The quantitative estimate of drug-likeness (QED) is 0.684. The van der Waals surface area contributed by atoms with Crippen molar-refractivity contribution in [3.8, 4) is 0 Å². The molecule has 0 heterocycles. The molecular weight excluding hydrogens is 337 g/mol. The number of rotatable bonds is 5. The van der Waals surface area contributed by atoms with Crippen molar-refractivity contribution in [3.63, 3.8) is 0 Å². The maximum Gasteiger partial charge on any atom is 0.252 e. The Labute approximate surface area is 151 Å². The molecule has 126 valence electrons. The van der Waals surface area contributed by atoms with E-state index < -0.39 is 5.82 Å². The van der Waals surface area contributed by atoms with Gasteiger partial charge in [0.25, 0.3) is 5.91 Å². The third-order valence-corrected chi connectivity index (χ3v) is 4.36. The Balaban J connectivity index is 1.80. The minimum Gasteiger partial charge on any atom is -0.351 e. The molecule has 1 N–H and O–H groups in total. The minimum absolute atomic E-state index is 0.0190. The van der Waals surface area contributed by atoms with Crippen LogP contribution in [0.1, 0.15) is 27.4 Å². The average molecular weight is 354 g/mol. The van der Waals surface area contributed by atoms with E-state index in [-0.39, 0.29) is 22.4 Å². The lowest BCUT2D eigenvalue weighted by Crippen LogP contribution is -2.29. The van der Waals surface area contributed by atoms with Crippen molar-refractivity contribution in [1.29, 1.82) is 0 Å². The summed E-state index contributed by atoms with van der Waals surface area (Å²) in [6.45, 7) is 0.417. The summed E-state index contributed by atoms with van der Waals surface area (Å²) in [4.78, 5) is 12.4. The van der Waals surface area contributed by atoms with Gasteiger partial charge in [0.05, 0.1) is 10.6 Å². The largest absolute Gasteiger partial charge is 0.351 e. The first kappa shape index (κ1) is 17.2. The number of hydrogen-bond acceptors (Lipinski definition) is 1. The lowest BCUT2D eigenvalue weighted by Gasteiger charge is -2.19. The highest BCUT2D eigenvalue weighted by atomic mass is 35.5. The maximum absolute atomic E-state index is 13.2. The number of carbonyl (C=O) groups is 1. The Bertz CT molecular complexity index is 813. The van der Waals surface area contributed by atoms with Crippen molar-refractivity contribution >= 4 is 17.5 Å². The summed E-state index contributed by atoms with van der Waals surface area (Å²) in [6.07, 6.45) is 0. The first-order chi connectivity index (χ1) is 12.1. The lowest BCUT2D eigenvalue weighted by atomic mass is 9.91. The maximum atomic E-state index is 13.2. The fraction of sp³-hybridized carbons (Fsp3) is 0.0952. The van der Waals surface area contributed by atoms with Crippen LogP contribution in [0.4, 0.5) is 4.39 Å². The van der Waals surface area contributed by atoms with Crippen LogP contribution in [0, 0.1) is 5.82 Å². The van der Waals surface area contributed by atoms with Gasteiger partial charge in [-0.15, -0.1) is 0 Å². The fourth-order valence-corrected chi connectivity index (χ4v) is 3.02. The van der Waals surface area contributed by atoms with E-state index >= 15 is 0 Å². The van der Waals surface area contributed by atoms with Gasteiger partial charge < -0.3 is 5.32 Å². The van der Waals surface area contributed by atoms with Gasteiger partial charge in [-0.05, 0) is 29.3 Å². The summed E-state index contributed by atoms with van der Waals surface area (Å²) < 4.78 is 13.2. The van der Waals surface area contributed by atoms with E-state index in [9.17, 15) is 9.18 Å². The molecule has 0 aromatic heterocycles. The monoisotopic (exact) mass is 353 g/mol. The molecule has 0 saturated heterocycles. The summed E-state index contributed by atoms with van der Waals surface area (Å²) in [7, 11) is 0. The van der Waals surface area contributed by atoms with Crippen molar-refractivity contribution in [2.24, 2.45) is 0 Å². The van der Waals surface area contributed by atoms with Gasteiger partial charge in [-0.2, -0.15) is 0 Å². The molecular formula is C21H17ClFNO. The summed E-state index contributed by atoms with van der Waals surface area (Å²) in [5.74, 6) is -0.763. The highest BCUT2D eigenvalue weighted by Gasteiger charge is 2.17. The van der Waals surface area contributed by atoms with E-state index in [4.69, 9.17) is 11.6 Å². The third kappa shape index (κ3) is 4.25. The van der Waals surface area contributed by atoms with Crippen molar-refractivity contribution in [2.45, 2.75) is 5.92 Å². The van der Waals surface area contributed by atoms with Gasteiger partial charge in [0.1, 0.15) is 5.82 Å². The molecule has 0 aliphatic rings. The van der Waals surface area contributed by atoms with Crippen LogP contribution < -0.4 is 5.32 Å². The molecule has 0 fully saturated rings. The molecule has 0 aliphatic heterocycles. The standard InChI is InChI=1S/C21H17ClFNO/c22-20-13-17(23)11-12-18(20)21(25)24-14-19(15-7-3-1-4-8-15)16-9-5-2-6-10-16/h1-13,19H,14H2,(H,24,25). The summed E-state index contributed by atoms with van der Waals surface area (Å²) in [6, 6.07) is 23.7. The van der Waals surface area contributed by atoms with Crippen molar-refractivity contribution < 1.29 is 9.18 Å². The van der Waals surface area contributed by atoms with Crippen LogP contribution in [-0.2, 0) is 0 Å². The summed E-state index contributed by atoms with van der Waals surface area (Å²) in [5.41, 5.74) is 2.49. The van der Waals surface area contributed by atoms with Crippen LogP contribution in [-0.4, -0.2) is 12.5 Å². The first-order valence-corrected chi connectivity index (χ1v) is 8.36. The molecule has 0 spiro atoms. The average Bonchev–Trinajstić information content (AvgIpc) is 2.63. The smallest absolute Gasteiger partial charge is 0.252 e. The zero-order chi connectivity index (χ0) is 17.6. The van der Waals surface area contributed by atoms with Gasteiger partial charge >= 0.3 is 0 Å². The van der Waals surface area contributed by atoms with Gasteiger partial charge in [-0.1, -0.05) is 72.3 Å². The predicted octanol–water partition coefficient (Wildman–Crippen LogP) is 5.04. The number of hydrogen-bond donors (Lipinski definition) is 1. The van der Waals surface area contributed by atoms with E-state index in [1.54, 1.807) is 0 Å². The van der Waals surface area contributed by atoms with E-state index in [0.29, 0.717) is 6.54 Å². The van der Waals surface area contributed by atoms with Crippen molar-refractivity contribution in [2.75, 3.05) is 6.54 Å². The van der Waals surface area contributed by atoms with Crippen LogP contribution in [0.3, 0.4) is 0 Å². The molecule has 0 aliphatic carbocycles. The second-order valence-corrected chi connectivity index (χ2v) is 6.12. The Morgan fingerprint density at radius 1 is 0.920 bits per heavy atom. The topological polar surface area (TPSA) is 29.1 Å². The Morgan fingerprint density at radius 2 is 1.48 bits per heavy atom. The van der Waals surface area contributed by atoms with Gasteiger partial charge in [-0.3, -0.25) is 4.79 Å². The zero-order valence-electron chi connectivity index (χ0n) is 13.5. The molecule has 0 saturated carbocycles. The summed E-state index contributed by atoms with van der Waals surface area (Å²) in [5, 5.41) is 3.02. The van der Waals surface area contributed by atoms with Gasteiger partial charge in [0.15, 0.2) is 0 Å². The number of nitrogens with one attached hydrogen (secondary N) is 1. The third-order valence-electron chi connectivity index (χ3n) is 4.05. The first-order valence-electron chi connectivity index (χ1n) is 7.98. The van der Waals surface area contributed by atoms with Crippen LogP contribution in [0.5, 0.6) is 0 Å². The number of benzene rings is 3. The van der Waals surface area contributed by atoms with Crippen LogP contribution in [0.25, 0.3) is 0 Å². The molecule has 0 unspecified atom stereocenters. The lowest BCUT2D eigenvalue weighted by molar-refractivity contribution is 0.0952. The molecule has 25 heavy (non-hydrogen) atoms. The number of carbonyl (C=O) groups excluding carboxylic acids is 1. The van der Waals surface area contributed by atoms with E-state index in [2.05, 4.69) is 5.32 Å². The van der Waals surface area contributed by atoms with Gasteiger partial charge in [0.2, 0.25) is 0 Å². The molecule has 0 radical (unpaired) electrons. The van der Waals surface area contributed by atoms with Crippen molar-refractivity contribution in [3.05, 3.63) is 106 Å². The van der Waals surface area contributed by atoms with Crippen LogP contribution in [0.2, 0.25) is 5.02 Å². The number of amides is 1. The van der Waals surface area contributed by atoms with Crippen molar-refractivity contribution in [1.82, 2.24) is 5.32 Å². The molecule has 0 atom stereocenters. The Hall–Kier alpha value is -2.65. The Morgan fingerprint density at radius 3 is 2.00 bits per heavy atom. The highest BCUT2D eigenvalue weighted by Crippen LogP contribution is 2.24. The molecule has 2 nitrogen and oxygen atoms in total. The predicted molar refractivity (Wildman–Crippen MR) is 98.5 cm³/mol. The van der Waals surface area contributed by atoms with Crippen LogP contribution in [0.15, 0.2) is 78.9 Å². The van der Waals surface area contributed by atoms with Gasteiger partial charge in [0, 0.05) is 12.5 Å². The fourth-order valence-electron chi connectivity index (χ4n) is 2.76. The zero-order valence-corrected chi connectivity index (χ0v) is 14.2. The normalized spacial score (nSPS) is 10.7. The van der Waals surface area contributed by atoms with Gasteiger partial charge in [-0.25, -0.2) is 4.39 Å². The molecule has 3 aromatic rings. The Kier molecular flexibility index (Phi) is 5.46. The second-order valence-electron chi connectivity index (χ2n) is 5.71. The summed E-state index contributed by atoms with van der Waals surface area (Å²) >= 11 is 5.97. The highest BCUT2D eigenvalue weighted by molar-refractivity contribution is 6.33. The molecule has 3 rings (SSSR count). The SMILES string of the molecule is O=C(NCC(c1ccccc1)c1ccccc1)c1ccc(F)cc1Cl. The number of halogens is 2. The minimum atomic E-state index is -0.465. The molecule has 4 heteroatoms. The van der Waals surface area contributed by atoms with E-state index in [1.165, 1.54) is 12.1 Å². The van der Waals surface area contributed by atoms with E-state index in [0.717, 1.165) is 17.2 Å². The van der Waals surface area contributed by atoms with E-state index in [1.807, 2.05) is 60.7 Å². The molecule has 1 amide bonds. The molecule has 3 aromatic carbocycles.